The Morgan fingerprint density at radius 2 is 1.79 bits per heavy atom. The van der Waals surface area contributed by atoms with E-state index in [4.69, 9.17) is 10.9 Å². The van der Waals surface area contributed by atoms with Crippen LogP contribution >= 0.6 is 0 Å². The van der Waals surface area contributed by atoms with Crippen molar-refractivity contribution in [2.45, 2.75) is 6.92 Å². The first-order chi connectivity index (χ1) is 11.6. The Kier molecular flexibility index (Phi) is 4.16. The van der Waals surface area contributed by atoms with Crippen LogP contribution in [0.3, 0.4) is 0 Å². The number of benzene rings is 2. The SMILES string of the molecule is Cc1ccncc1-c1c(C(N)=NO)cccc1-c1ccc(O)cc1. The molecule has 0 unspecified atom stereocenters. The van der Waals surface area contributed by atoms with Crippen LogP contribution in [0.5, 0.6) is 5.75 Å². The highest BCUT2D eigenvalue weighted by atomic mass is 16.4. The summed E-state index contributed by atoms with van der Waals surface area (Å²) in [6, 6.07) is 14.5. The number of oxime groups is 1. The Morgan fingerprint density at radius 3 is 2.46 bits per heavy atom. The molecule has 3 rings (SSSR count). The molecule has 0 aliphatic rings. The standard InChI is InChI=1S/C19H17N3O2/c1-12-9-10-21-11-17(12)18-15(13-5-7-14(23)8-6-13)3-2-4-16(18)19(20)22-24/h2-11,23-24H,1H3,(H2,20,22). The maximum atomic E-state index is 9.53. The van der Waals surface area contributed by atoms with E-state index in [1.807, 2.05) is 37.3 Å². The van der Waals surface area contributed by atoms with E-state index in [1.54, 1.807) is 30.6 Å². The topological polar surface area (TPSA) is 91.7 Å². The lowest BCUT2D eigenvalue weighted by Gasteiger charge is -2.16. The molecule has 0 aliphatic carbocycles. The molecule has 2 aromatic carbocycles. The van der Waals surface area contributed by atoms with Crippen molar-refractivity contribution < 1.29 is 10.3 Å². The summed E-state index contributed by atoms with van der Waals surface area (Å²) in [5.41, 5.74) is 11.1. The van der Waals surface area contributed by atoms with Gasteiger partial charge in [-0.15, -0.1) is 0 Å². The van der Waals surface area contributed by atoms with Gasteiger partial charge in [0.1, 0.15) is 5.75 Å². The molecule has 0 saturated heterocycles. The molecule has 0 bridgehead atoms. The lowest BCUT2D eigenvalue weighted by molar-refractivity contribution is 0.318. The Bertz CT molecular complexity index is 903. The second-order valence-electron chi connectivity index (χ2n) is 5.45. The zero-order valence-corrected chi connectivity index (χ0v) is 13.1. The van der Waals surface area contributed by atoms with Crippen LogP contribution in [0.15, 0.2) is 66.1 Å². The van der Waals surface area contributed by atoms with Crippen molar-refractivity contribution >= 4 is 5.84 Å². The van der Waals surface area contributed by atoms with Crippen molar-refractivity contribution in [3.05, 3.63) is 72.1 Å². The van der Waals surface area contributed by atoms with Gasteiger partial charge in [0.05, 0.1) is 0 Å². The molecular formula is C19H17N3O2. The lowest BCUT2D eigenvalue weighted by Crippen LogP contribution is -2.15. The summed E-state index contributed by atoms with van der Waals surface area (Å²) in [6.07, 6.45) is 3.49. The van der Waals surface area contributed by atoms with Crippen LogP contribution < -0.4 is 5.73 Å². The van der Waals surface area contributed by atoms with E-state index in [9.17, 15) is 5.11 Å². The van der Waals surface area contributed by atoms with Gasteiger partial charge in [-0.3, -0.25) is 4.98 Å². The lowest BCUT2D eigenvalue weighted by atomic mass is 9.89. The highest BCUT2D eigenvalue weighted by molar-refractivity contribution is 6.06. The summed E-state index contributed by atoms with van der Waals surface area (Å²) in [7, 11) is 0. The molecular weight excluding hydrogens is 302 g/mol. The Labute approximate surface area is 139 Å². The summed E-state index contributed by atoms with van der Waals surface area (Å²) in [4.78, 5) is 4.21. The van der Waals surface area contributed by atoms with Crippen LogP contribution in [0.25, 0.3) is 22.3 Å². The van der Waals surface area contributed by atoms with Crippen molar-refractivity contribution in [3.8, 4) is 28.0 Å². The molecule has 5 heteroatoms. The van der Waals surface area contributed by atoms with Gasteiger partial charge in [0, 0.05) is 29.1 Å². The molecule has 0 saturated carbocycles. The molecule has 0 fully saturated rings. The maximum absolute atomic E-state index is 9.53. The van der Waals surface area contributed by atoms with Crippen molar-refractivity contribution in [3.63, 3.8) is 0 Å². The molecule has 1 aromatic heterocycles. The molecule has 0 aliphatic heterocycles. The van der Waals surface area contributed by atoms with Gasteiger partial charge in [-0.05, 0) is 41.8 Å². The van der Waals surface area contributed by atoms with Crippen molar-refractivity contribution in [1.29, 1.82) is 0 Å². The minimum absolute atomic E-state index is 0.0360. The molecule has 0 atom stereocenters. The normalized spacial score (nSPS) is 11.5. The van der Waals surface area contributed by atoms with Gasteiger partial charge in [0.25, 0.3) is 0 Å². The van der Waals surface area contributed by atoms with E-state index >= 15 is 0 Å². The predicted octanol–water partition coefficient (Wildman–Crippen LogP) is 3.52. The number of pyridine rings is 1. The second-order valence-corrected chi connectivity index (χ2v) is 5.45. The average molecular weight is 319 g/mol. The molecule has 0 radical (unpaired) electrons. The fraction of sp³-hybridized carbons (Fsp3) is 0.0526. The minimum atomic E-state index is 0.0360. The average Bonchev–Trinajstić information content (AvgIpc) is 2.61. The summed E-state index contributed by atoms with van der Waals surface area (Å²) < 4.78 is 0. The molecule has 1 heterocycles. The fourth-order valence-corrected chi connectivity index (χ4v) is 2.72. The number of nitrogens with zero attached hydrogens (tertiary/aromatic N) is 2. The summed E-state index contributed by atoms with van der Waals surface area (Å²) in [5, 5.41) is 21.8. The quantitative estimate of drug-likeness (QED) is 0.298. The third-order valence-corrected chi connectivity index (χ3v) is 3.93. The first-order valence-electron chi connectivity index (χ1n) is 7.43. The Morgan fingerprint density at radius 1 is 1.04 bits per heavy atom. The summed E-state index contributed by atoms with van der Waals surface area (Å²) >= 11 is 0. The Balaban J connectivity index is 2.34. The summed E-state index contributed by atoms with van der Waals surface area (Å²) in [6.45, 7) is 1.99. The molecule has 0 amide bonds. The van der Waals surface area contributed by atoms with Crippen LogP contribution in [-0.2, 0) is 0 Å². The van der Waals surface area contributed by atoms with Crippen LogP contribution in [0.4, 0.5) is 0 Å². The number of amidine groups is 1. The number of rotatable bonds is 3. The molecule has 3 aromatic rings. The smallest absolute Gasteiger partial charge is 0.170 e. The third kappa shape index (κ3) is 2.79. The van der Waals surface area contributed by atoms with Gasteiger partial charge in [0.15, 0.2) is 5.84 Å². The van der Waals surface area contributed by atoms with Gasteiger partial charge in [-0.2, -0.15) is 0 Å². The van der Waals surface area contributed by atoms with Crippen LogP contribution in [0.1, 0.15) is 11.1 Å². The number of phenolic OH excluding ortho intramolecular Hbond substituents is 1. The third-order valence-electron chi connectivity index (χ3n) is 3.93. The van der Waals surface area contributed by atoms with Gasteiger partial charge in [-0.1, -0.05) is 35.5 Å². The highest BCUT2D eigenvalue weighted by Gasteiger charge is 2.16. The van der Waals surface area contributed by atoms with Gasteiger partial charge in [-0.25, -0.2) is 0 Å². The van der Waals surface area contributed by atoms with Crippen LogP contribution in [-0.4, -0.2) is 21.1 Å². The largest absolute Gasteiger partial charge is 0.508 e. The summed E-state index contributed by atoms with van der Waals surface area (Å²) in [5.74, 6) is 0.235. The van der Waals surface area contributed by atoms with Gasteiger partial charge in [0.2, 0.25) is 0 Å². The molecule has 4 N–H and O–H groups in total. The molecule has 5 nitrogen and oxygen atoms in total. The van der Waals surface area contributed by atoms with E-state index in [1.165, 1.54) is 0 Å². The van der Waals surface area contributed by atoms with Crippen molar-refractivity contribution in [1.82, 2.24) is 4.98 Å². The number of hydrogen-bond acceptors (Lipinski definition) is 4. The number of aryl methyl sites for hydroxylation is 1. The first kappa shape index (κ1) is 15.6. The maximum Gasteiger partial charge on any atom is 0.170 e. The van der Waals surface area contributed by atoms with E-state index in [-0.39, 0.29) is 11.6 Å². The highest BCUT2D eigenvalue weighted by Crippen LogP contribution is 2.36. The zero-order valence-electron chi connectivity index (χ0n) is 13.1. The predicted molar refractivity (Wildman–Crippen MR) is 94.0 cm³/mol. The number of aromatic hydroxyl groups is 1. The van der Waals surface area contributed by atoms with E-state index in [0.29, 0.717) is 5.56 Å². The minimum Gasteiger partial charge on any atom is -0.508 e. The number of phenols is 1. The Hall–Kier alpha value is -3.34. The number of aromatic nitrogens is 1. The zero-order chi connectivity index (χ0) is 17.1. The van der Waals surface area contributed by atoms with Crippen LogP contribution in [0, 0.1) is 6.92 Å². The van der Waals surface area contributed by atoms with E-state index in [2.05, 4.69) is 10.1 Å². The van der Waals surface area contributed by atoms with Gasteiger partial charge < -0.3 is 16.0 Å². The molecule has 24 heavy (non-hydrogen) atoms. The van der Waals surface area contributed by atoms with E-state index in [0.717, 1.165) is 27.8 Å². The molecule has 0 spiro atoms. The van der Waals surface area contributed by atoms with Gasteiger partial charge >= 0.3 is 0 Å². The van der Waals surface area contributed by atoms with E-state index < -0.39 is 0 Å². The van der Waals surface area contributed by atoms with Crippen molar-refractivity contribution in [2.75, 3.05) is 0 Å². The number of nitrogens with two attached hydrogens (primary N) is 1. The monoisotopic (exact) mass is 319 g/mol. The van der Waals surface area contributed by atoms with Crippen molar-refractivity contribution in [2.24, 2.45) is 10.9 Å². The first-order valence-corrected chi connectivity index (χ1v) is 7.43. The van der Waals surface area contributed by atoms with Crippen LogP contribution in [0.2, 0.25) is 0 Å². The fourth-order valence-electron chi connectivity index (χ4n) is 2.72. The second kappa shape index (κ2) is 6.42. The number of hydrogen-bond donors (Lipinski definition) is 3. The molecule has 120 valence electrons.